The van der Waals surface area contributed by atoms with E-state index in [1.807, 2.05) is 7.11 Å². The van der Waals surface area contributed by atoms with Crippen molar-refractivity contribution in [3.63, 3.8) is 0 Å². The third-order valence-corrected chi connectivity index (χ3v) is 3.87. The second-order valence-corrected chi connectivity index (χ2v) is 4.66. The minimum Gasteiger partial charge on any atom is -0.393 e. The second-order valence-electron chi connectivity index (χ2n) is 4.66. The average Bonchev–Trinajstić information content (AvgIpc) is 2.17. The maximum absolute atomic E-state index is 9.54. The molecule has 2 heteroatoms. The van der Waals surface area contributed by atoms with Crippen LogP contribution in [-0.2, 0) is 4.74 Å². The Hall–Kier alpha value is -0.0800. The van der Waals surface area contributed by atoms with Crippen LogP contribution in [0.3, 0.4) is 0 Å². The predicted molar refractivity (Wildman–Crippen MR) is 51.5 cm³/mol. The van der Waals surface area contributed by atoms with Crippen molar-refractivity contribution in [1.82, 2.24) is 0 Å². The summed E-state index contributed by atoms with van der Waals surface area (Å²) >= 11 is 0. The fraction of sp³-hybridized carbons (Fsp3) is 1.00. The molecule has 2 aliphatic carbocycles. The van der Waals surface area contributed by atoms with Crippen molar-refractivity contribution in [2.75, 3.05) is 7.11 Å². The first-order valence-corrected chi connectivity index (χ1v) is 5.50. The van der Waals surface area contributed by atoms with Crippen molar-refractivity contribution in [2.45, 2.75) is 50.7 Å². The average molecular weight is 184 g/mol. The van der Waals surface area contributed by atoms with Crippen LogP contribution in [0, 0.1) is 11.8 Å². The molecule has 2 nitrogen and oxygen atoms in total. The summed E-state index contributed by atoms with van der Waals surface area (Å²) in [7, 11) is 1.82. The number of fused-ring (bicyclic) bond motifs is 1. The van der Waals surface area contributed by atoms with Gasteiger partial charge in [0.25, 0.3) is 0 Å². The molecule has 2 aliphatic rings. The van der Waals surface area contributed by atoms with E-state index in [-0.39, 0.29) is 6.10 Å². The fourth-order valence-electron chi connectivity index (χ4n) is 3.04. The van der Waals surface area contributed by atoms with E-state index in [9.17, 15) is 5.11 Å². The molecule has 0 aromatic carbocycles. The molecule has 1 N–H and O–H groups in total. The number of ether oxygens (including phenoxy) is 1. The van der Waals surface area contributed by atoms with Gasteiger partial charge in [-0.05, 0) is 50.4 Å². The summed E-state index contributed by atoms with van der Waals surface area (Å²) in [5.74, 6) is 1.62. The Balaban J connectivity index is 1.90. The zero-order chi connectivity index (χ0) is 9.26. The molecule has 0 heterocycles. The smallest absolute Gasteiger partial charge is 0.0574 e. The summed E-state index contributed by atoms with van der Waals surface area (Å²) < 4.78 is 5.40. The number of methoxy groups -OCH3 is 1. The van der Waals surface area contributed by atoms with Gasteiger partial charge in [0.1, 0.15) is 0 Å². The highest BCUT2D eigenvalue weighted by atomic mass is 16.5. The van der Waals surface area contributed by atoms with E-state index in [0.29, 0.717) is 6.10 Å². The lowest BCUT2D eigenvalue weighted by molar-refractivity contribution is -0.0132. The van der Waals surface area contributed by atoms with Gasteiger partial charge < -0.3 is 9.84 Å². The minimum atomic E-state index is -0.0136. The van der Waals surface area contributed by atoms with Gasteiger partial charge in [-0.3, -0.25) is 0 Å². The van der Waals surface area contributed by atoms with Gasteiger partial charge in [0, 0.05) is 7.11 Å². The molecule has 0 amide bonds. The number of aliphatic hydroxyl groups is 1. The third-order valence-electron chi connectivity index (χ3n) is 3.87. The first-order chi connectivity index (χ1) is 6.29. The van der Waals surface area contributed by atoms with Crippen LogP contribution in [0.1, 0.15) is 38.5 Å². The maximum atomic E-state index is 9.54. The second kappa shape index (κ2) is 3.97. The van der Waals surface area contributed by atoms with Crippen molar-refractivity contribution < 1.29 is 9.84 Å². The summed E-state index contributed by atoms with van der Waals surface area (Å²) in [4.78, 5) is 0. The van der Waals surface area contributed by atoms with Gasteiger partial charge in [-0.15, -0.1) is 0 Å². The van der Waals surface area contributed by atoms with Crippen LogP contribution in [0.25, 0.3) is 0 Å². The fourth-order valence-corrected chi connectivity index (χ4v) is 3.04. The maximum Gasteiger partial charge on any atom is 0.0574 e. The van der Waals surface area contributed by atoms with Crippen LogP contribution in [0.5, 0.6) is 0 Å². The topological polar surface area (TPSA) is 29.5 Å². The van der Waals surface area contributed by atoms with Crippen molar-refractivity contribution in [1.29, 1.82) is 0 Å². The van der Waals surface area contributed by atoms with Gasteiger partial charge in [-0.2, -0.15) is 0 Å². The summed E-state index contributed by atoms with van der Waals surface area (Å²) in [6, 6.07) is 0. The Morgan fingerprint density at radius 3 is 2.46 bits per heavy atom. The molecule has 4 atom stereocenters. The lowest BCUT2D eigenvalue weighted by Crippen LogP contribution is -2.35. The van der Waals surface area contributed by atoms with E-state index < -0.39 is 0 Å². The zero-order valence-corrected chi connectivity index (χ0v) is 8.41. The molecule has 0 radical (unpaired) electrons. The number of aliphatic hydroxyl groups excluding tert-OH is 1. The normalized spacial score (nSPS) is 45.7. The molecule has 4 unspecified atom stereocenters. The Kier molecular flexibility index (Phi) is 2.89. The molecule has 2 rings (SSSR count). The van der Waals surface area contributed by atoms with Gasteiger partial charge in [0.2, 0.25) is 0 Å². The lowest BCUT2D eigenvalue weighted by atomic mass is 9.69. The zero-order valence-electron chi connectivity index (χ0n) is 8.41. The van der Waals surface area contributed by atoms with Crippen LogP contribution >= 0.6 is 0 Å². The van der Waals surface area contributed by atoms with E-state index in [2.05, 4.69) is 0 Å². The predicted octanol–water partition coefficient (Wildman–Crippen LogP) is 1.96. The highest BCUT2D eigenvalue weighted by Gasteiger charge is 2.34. The molecule has 0 aromatic heterocycles. The van der Waals surface area contributed by atoms with Gasteiger partial charge in [0.05, 0.1) is 12.2 Å². The van der Waals surface area contributed by atoms with E-state index >= 15 is 0 Å². The highest BCUT2D eigenvalue weighted by molar-refractivity contribution is 4.86. The lowest BCUT2D eigenvalue weighted by Gasteiger charge is -2.40. The number of hydrogen-bond donors (Lipinski definition) is 1. The molecule has 0 aliphatic heterocycles. The van der Waals surface area contributed by atoms with Crippen molar-refractivity contribution >= 4 is 0 Å². The first kappa shape index (κ1) is 9.47. The Labute approximate surface area is 80.3 Å². The van der Waals surface area contributed by atoms with E-state index in [1.165, 1.54) is 25.7 Å². The molecule has 0 aromatic rings. The molecule has 2 fully saturated rings. The Morgan fingerprint density at radius 1 is 1.00 bits per heavy atom. The number of rotatable bonds is 1. The van der Waals surface area contributed by atoms with E-state index in [1.54, 1.807) is 0 Å². The van der Waals surface area contributed by atoms with Gasteiger partial charge in [-0.25, -0.2) is 0 Å². The van der Waals surface area contributed by atoms with E-state index in [0.717, 1.165) is 24.7 Å². The van der Waals surface area contributed by atoms with Crippen LogP contribution < -0.4 is 0 Å². The standard InChI is InChI=1S/C11H20O2/c1-13-11-5-3-8-6-10(12)4-2-9(8)7-11/h8-12H,2-7H2,1H3. The molecule has 2 saturated carbocycles. The largest absolute Gasteiger partial charge is 0.393 e. The summed E-state index contributed by atoms with van der Waals surface area (Å²) in [5.41, 5.74) is 0. The van der Waals surface area contributed by atoms with Crippen LogP contribution in [-0.4, -0.2) is 24.4 Å². The van der Waals surface area contributed by atoms with Crippen molar-refractivity contribution in [2.24, 2.45) is 11.8 Å². The van der Waals surface area contributed by atoms with Crippen LogP contribution in [0.15, 0.2) is 0 Å². The van der Waals surface area contributed by atoms with Crippen molar-refractivity contribution in [3.8, 4) is 0 Å². The molecule has 76 valence electrons. The van der Waals surface area contributed by atoms with Gasteiger partial charge in [-0.1, -0.05) is 0 Å². The van der Waals surface area contributed by atoms with Gasteiger partial charge >= 0.3 is 0 Å². The summed E-state index contributed by atoms with van der Waals surface area (Å²) in [6.07, 6.45) is 7.44. The molecule has 0 bridgehead atoms. The molecular formula is C11H20O2. The van der Waals surface area contributed by atoms with Gasteiger partial charge in [0.15, 0.2) is 0 Å². The van der Waals surface area contributed by atoms with Crippen LogP contribution in [0.2, 0.25) is 0 Å². The first-order valence-electron chi connectivity index (χ1n) is 5.50. The Morgan fingerprint density at radius 2 is 1.69 bits per heavy atom. The molecule has 0 saturated heterocycles. The summed E-state index contributed by atoms with van der Waals surface area (Å²) in [5, 5.41) is 9.54. The molecule has 0 spiro atoms. The quantitative estimate of drug-likeness (QED) is 0.675. The summed E-state index contributed by atoms with van der Waals surface area (Å²) in [6.45, 7) is 0. The third kappa shape index (κ3) is 2.05. The highest BCUT2D eigenvalue weighted by Crippen LogP contribution is 2.41. The Bertz CT molecular complexity index is 169. The molecular weight excluding hydrogens is 164 g/mol. The number of hydrogen-bond acceptors (Lipinski definition) is 2. The van der Waals surface area contributed by atoms with E-state index in [4.69, 9.17) is 4.74 Å². The monoisotopic (exact) mass is 184 g/mol. The minimum absolute atomic E-state index is 0.0136. The molecule has 13 heavy (non-hydrogen) atoms. The van der Waals surface area contributed by atoms with Crippen molar-refractivity contribution in [3.05, 3.63) is 0 Å². The SMILES string of the molecule is COC1CCC2CC(O)CCC2C1. The van der Waals surface area contributed by atoms with Crippen LogP contribution in [0.4, 0.5) is 0 Å².